The average molecular weight is 309 g/mol. The summed E-state index contributed by atoms with van der Waals surface area (Å²) in [4.78, 5) is 2.39. The van der Waals surface area contributed by atoms with Crippen molar-refractivity contribution in [3.8, 4) is 0 Å². The van der Waals surface area contributed by atoms with Crippen LogP contribution in [-0.2, 0) is 15.9 Å². The molecule has 2 aromatic carbocycles. The first kappa shape index (κ1) is 14.7. The number of hydrogen-bond acceptors (Lipinski definition) is 3. The van der Waals surface area contributed by atoms with Crippen LogP contribution in [0.25, 0.3) is 0 Å². The van der Waals surface area contributed by atoms with E-state index in [1.54, 1.807) is 0 Å². The molecule has 3 heteroatoms. The van der Waals surface area contributed by atoms with E-state index in [1.807, 2.05) is 0 Å². The van der Waals surface area contributed by atoms with Crippen molar-refractivity contribution in [2.75, 3.05) is 31.2 Å². The van der Waals surface area contributed by atoms with E-state index in [4.69, 9.17) is 9.47 Å². The van der Waals surface area contributed by atoms with Crippen LogP contribution in [0.4, 0.5) is 5.69 Å². The minimum atomic E-state index is 0.404. The molecular weight excluding hydrogens is 286 g/mol. The SMILES string of the molecule is Cc1ccc(Cc2ccc(N(CC3CO3)CC3CO3)cc2)cc1. The fourth-order valence-corrected chi connectivity index (χ4v) is 2.89. The first-order chi connectivity index (χ1) is 11.3. The summed E-state index contributed by atoms with van der Waals surface area (Å²) in [5.41, 5.74) is 5.29. The molecule has 0 N–H and O–H groups in total. The molecule has 0 amide bonds. The highest BCUT2D eigenvalue weighted by Crippen LogP contribution is 2.23. The smallest absolute Gasteiger partial charge is 0.0984 e. The van der Waals surface area contributed by atoms with Gasteiger partial charge in [0.05, 0.1) is 25.4 Å². The lowest BCUT2D eigenvalue weighted by molar-refractivity contribution is 0.389. The van der Waals surface area contributed by atoms with Gasteiger partial charge in [-0.05, 0) is 36.6 Å². The summed E-state index contributed by atoms with van der Waals surface area (Å²) < 4.78 is 10.8. The van der Waals surface area contributed by atoms with Gasteiger partial charge in [-0.1, -0.05) is 42.0 Å². The van der Waals surface area contributed by atoms with Crippen LogP contribution in [0.3, 0.4) is 0 Å². The van der Waals surface area contributed by atoms with Crippen LogP contribution in [0.1, 0.15) is 16.7 Å². The van der Waals surface area contributed by atoms with E-state index in [1.165, 1.54) is 22.4 Å². The fraction of sp³-hybridized carbons (Fsp3) is 0.400. The van der Waals surface area contributed by atoms with Gasteiger partial charge >= 0.3 is 0 Å². The molecule has 2 atom stereocenters. The van der Waals surface area contributed by atoms with Crippen LogP contribution in [0.2, 0.25) is 0 Å². The third-order valence-electron chi connectivity index (χ3n) is 4.48. The molecule has 2 unspecified atom stereocenters. The third-order valence-corrected chi connectivity index (χ3v) is 4.48. The Morgan fingerprint density at radius 3 is 1.78 bits per heavy atom. The van der Waals surface area contributed by atoms with Crippen molar-refractivity contribution in [3.05, 3.63) is 65.2 Å². The average Bonchev–Trinajstić information content (AvgIpc) is 3.46. The molecule has 2 heterocycles. The van der Waals surface area contributed by atoms with Crippen LogP contribution in [0.5, 0.6) is 0 Å². The van der Waals surface area contributed by atoms with Gasteiger partial charge in [0.1, 0.15) is 0 Å². The van der Waals surface area contributed by atoms with Crippen molar-refractivity contribution in [1.82, 2.24) is 0 Å². The molecule has 2 saturated heterocycles. The Balaban J connectivity index is 1.43. The molecule has 4 rings (SSSR count). The van der Waals surface area contributed by atoms with Crippen LogP contribution in [0, 0.1) is 6.92 Å². The Morgan fingerprint density at radius 1 is 0.826 bits per heavy atom. The second-order valence-corrected chi connectivity index (χ2v) is 6.64. The lowest BCUT2D eigenvalue weighted by Crippen LogP contribution is -2.31. The molecular formula is C20H23NO2. The Hall–Kier alpha value is -1.84. The monoisotopic (exact) mass is 309 g/mol. The molecule has 2 aliphatic heterocycles. The second-order valence-electron chi connectivity index (χ2n) is 6.64. The fourth-order valence-electron chi connectivity index (χ4n) is 2.89. The van der Waals surface area contributed by atoms with E-state index in [9.17, 15) is 0 Å². The maximum Gasteiger partial charge on any atom is 0.0984 e. The number of anilines is 1. The number of benzene rings is 2. The Labute approximate surface area is 137 Å². The summed E-state index contributed by atoms with van der Waals surface area (Å²) in [6, 6.07) is 17.7. The Bertz CT molecular complexity index is 628. The molecule has 2 fully saturated rings. The first-order valence-electron chi connectivity index (χ1n) is 8.39. The van der Waals surface area contributed by atoms with Crippen molar-refractivity contribution >= 4 is 5.69 Å². The van der Waals surface area contributed by atoms with E-state index in [0.29, 0.717) is 12.2 Å². The minimum Gasteiger partial charge on any atom is -0.371 e. The van der Waals surface area contributed by atoms with Gasteiger partial charge in [0.25, 0.3) is 0 Å². The maximum atomic E-state index is 5.39. The third kappa shape index (κ3) is 4.12. The molecule has 0 saturated carbocycles. The zero-order valence-corrected chi connectivity index (χ0v) is 13.6. The van der Waals surface area contributed by atoms with E-state index < -0.39 is 0 Å². The van der Waals surface area contributed by atoms with Crippen LogP contribution < -0.4 is 4.90 Å². The maximum absolute atomic E-state index is 5.39. The van der Waals surface area contributed by atoms with Crippen molar-refractivity contribution < 1.29 is 9.47 Å². The molecule has 0 spiro atoms. The molecule has 2 aliphatic rings. The summed E-state index contributed by atoms with van der Waals surface area (Å²) >= 11 is 0. The summed E-state index contributed by atoms with van der Waals surface area (Å²) in [5, 5.41) is 0. The van der Waals surface area contributed by atoms with Gasteiger partial charge in [-0.2, -0.15) is 0 Å². The lowest BCUT2D eigenvalue weighted by Gasteiger charge is -2.23. The van der Waals surface area contributed by atoms with Gasteiger partial charge in [-0.25, -0.2) is 0 Å². The number of epoxide rings is 2. The van der Waals surface area contributed by atoms with E-state index >= 15 is 0 Å². The highest BCUT2D eigenvalue weighted by molar-refractivity contribution is 5.49. The van der Waals surface area contributed by atoms with Crippen molar-refractivity contribution in [2.45, 2.75) is 25.6 Å². The highest BCUT2D eigenvalue weighted by Gasteiger charge is 2.30. The topological polar surface area (TPSA) is 28.3 Å². The van der Waals surface area contributed by atoms with Gasteiger partial charge in [-0.15, -0.1) is 0 Å². The largest absolute Gasteiger partial charge is 0.371 e. The Kier molecular flexibility index (Phi) is 4.06. The molecule has 0 aliphatic carbocycles. The molecule has 0 radical (unpaired) electrons. The van der Waals surface area contributed by atoms with Crippen molar-refractivity contribution in [3.63, 3.8) is 0 Å². The lowest BCUT2D eigenvalue weighted by atomic mass is 10.0. The molecule has 23 heavy (non-hydrogen) atoms. The summed E-state index contributed by atoms with van der Waals surface area (Å²) in [7, 11) is 0. The van der Waals surface area contributed by atoms with Crippen molar-refractivity contribution in [1.29, 1.82) is 0 Å². The van der Waals surface area contributed by atoms with E-state index in [-0.39, 0.29) is 0 Å². The second kappa shape index (κ2) is 6.34. The van der Waals surface area contributed by atoms with Crippen LogP contribution >= 0.6 is 0 Å². The van der Waals surface area contributed by atoms with Gasteiger partial charge in [0.15, 0.2) is 0 Å². The van der Waals surface area contributed by atoms with Crippen molar-refractivity contribution in [2.24, 2.45) is 0 Å². The Morgan fingerprint density at radius 2 is 1.30 bits per heavy atom. The number of hydrogen-bond donors (Lipinski definition) is 0. The predicted molar refractivity (Wildman–Crippen MR) is 92.1 cm³/mol. The minimum absolute atomic E-state index is 0.404. The summed E-state index contributed by atoms with van der Waals surface area (Å²) in [6.45, 7) is 5.86. The highest BCUT2D eigenvalue weighted by atomic mass is 16.6. The molecule has 0 aromatic heterocycles. The number of ether oxygens (including phenoxy) is 2. The standard InChI is InChI=1S/C20H23NO2/c1-15-2-4-16(5-3-15)10-17-6-8-18(9-7-17)21(11-19-13-22-19)12-20-14-23-20/h2-9,19-20H,10-14H2,1H3. The van der Waals surface area contributed by atoms with E-state index in [0.717, 1.165) is 32.7 Å². The zero-order valence-electron chi connectivity index (χ0n) is 13.6. The zero-order chi connectivity index (χ0) is 15.6. The number of aryl methyl sites for hydroxylation is 1. The predicted octanol–water partition coefficient (Wildman–Crippen LogP) is 3.19. The molecule has 3 nitrogen and oxygen atoms in total. The van der Waals surface area contributed by atoms with Crippen LogP contribution in [0.15, 0.2) is 48.5 Å². The molecule has 120 valence electrons. The van der Waals surface area contributed by atoms with E-state index in [2.05, 4.69) is 60.4 Å². The number of rotatable bonds is 7. The van der Waals surface area contributed by atoms with Gasteiger partial charge in [0, 0.05) is 18.8 Å². The van der Waals surface area contributed by atoms with Gasteiger partial charge in [0.2, 0.25) is 0 Å². The normalized spacial score (nSPS) is 22.0. The first-order valence-corrected chi connectivity index (χ1v) is 8.39. The van der Waals surface area contributed by atoms with Crippen LogP contribution in [-0.4, -0.2) is 38.5 Å². The molecule has 0 bridgehead atoms. The van der Waals surface area contributed by atoms with Gasteiger partial charge < -0.3 is 14.4 Å². The van der Waals surface area contributed by atoms with Gasteiger partial charge in [-0.3, -0.25) is 0 Å². The number of nitrogens with zero attached hydrogens (tertiary/aromatic N) is 1. The summed E-state index contributed by atoms with van der Waals surface area (Å²) in [5.74, 6) is 0. The quantitative estimate of drug-likeness (QED) is 0.735. The summed E-state index contributed by atoms with van der Waals surface area (Å²) in [6.07, 6.45) is 1.79. The molecule has 2 aromatic rings.